The first-order valence-corrected chi connectivity index (χ1v) is 5.56. The molecule has 5 nitrogen and oxygen atoms in total. The number of amides is 1. The minimum absolute atomic E-state index is 0.250. The van der Waals surface area contributed by atoms with Crippen LogP contribution in [0.4, 0.5) is 0 Å². The summed E-state index contributed by atoms with van der Waals surface area (Å²) in [6.45, 7) is 2.21. The second-order valence-corrected chi connectivity index (χ2v) is 4.27. The van der Waals surface area contributed by atoms with Gasteiger partial charge in [-0.15, -0.1) is 0 Å². The Hall–Kier alpha value is -1.36. The number of carbonyl (C=O) groups is 1. The van der Waals surface area contributed by atoms with Crippen LogP contribution in [0.15, 0.2) is 10.6 Å². The summed E-state index contributed by atoms with van der Waals surface area (Å²) in [6.07, 6.45) is 2.54. The Morgan fingerprint density at radius 2 is 2.50 bits per heavy atom. The minimum Gasteiger partial charge on any atom is -0.393 e. The smallest absolute Gasteiger partial charge is 0.273 e. The van der Waals surface area contributed by atoms with Crippen LogP contribution in [0.5, 0.6) is 0 Å². The summed E-state index contributed by atoms with van der Waals surface area (Å²) in [5.41, 5.74) is 0.290. The standard InChI is InChI=1S/C11H16N2O3/c1-7-6-9(13-16-7)11(15)12-5-4-10(14)8-2-3-8/h6,8,10,14H,2-5H2,1H3,(H,12,15). The zero-order valence-corrected chi connectivity index (χ0v) is 9.27. The SMILES string of the molecule is Cc1cc(C(=O)NCCC(O)C2CC2)no1. The van der Waals surface area contributed by atoms with Crippen molar-refractivity contribution in [2.24, 2.45) is 5.92 Å². The molecule has 2 N–H and O–H groups in total. The van der Waals surface area contributed by atoms with E-state index < -0.39 is 0 Å². The number of aryl methyl sites for hydroxylation is 1. The Morgan fingerprint density at radius 1 is 1.75 bits per heavy atom. The molecule has 1 aromatic heterocycles. The van der Waals surface area contributed by atoms with Crippen LogP contribution in [0.2, 0.25) is 0 Å². The van der Waals surface area contributed by atoms with Gasteiger partial charge in [0.15, 0.2) is 5.69 Å². The first kappa shape index (κ1) is 11.1. The number of hydrogen-bond acceptors (Lipinski definition) is 4. The van der Waals surface area contributed by atoms with Crippen molar-refractivity contribution in [3.8, 4) is 0 Å². The number of aliphatic hydroxyl groups is 1. The van der Waals surface area contributed by atoms with Gasteiger partial charge < -0.3 is 14.9 Å². The van der Waals surface area contributed by atoms with Crippen LogP contribution >= 0.6 is 0 Å². The summed E-state index contributed by atoms with van der Waals surface area (Å²) in [7, 11) is 0. The molecule has 1 amide bonds. The zero-order chi connectivity index (χ0) is 11.5. The molecule has 16 heavy (non-hydrogen) atoms. The summed E-state index contributed by atoms with van der Waals surface area (Å²) in [4.78, 5) is 11.5. The fourth-order valence-corrected chi connectivity index (χ4v) is 1.61. The number of carbonyl (C=O) groups excluding carboxylic acids is 1. The Labute approximate surface area is 93.8 Å². The lowest BCUT2D eigenvalue weighted by molar-refractivity contribution is 0.0928. The van der Waals surface area contributed by atoms with Crippen LogP contribution in [0.3, 0.4) is 0 Å². The van der Waals surface area contributed by atoms with Gasteiger partial charge in [0.1, 0.15) is 5.76 Å². The Morgan fingerprint density at radius 3 is 3.06 bits per heavy atom. The average molecular weight is 224 g/mol. The largest absolute Gasteiger partial charge is 0.393 e. The van der Waals surface area contributed by atoms with E-state index in [-0.39, 0.29) is 12.0 Å². The van der Waals surface area contributed by atoms with Crippen molar-refractivity contribution in [3.63, 3.8) is 0 Å². The molecule has 1 aromatic rings. The number of nitrogens with one attached hydrogen (secondary N) is 1. The fraction of sp³-hybridized carbons (Fsp3) is 0.636. The van der Waals surface area contributed by atoms with Gasteiger partial charge in [-0.1, -0.05) is 5.16 Å². The minimum atomic E-state index is -0.278. The molecule has 1 unspecified atom stereocenters. The van der Waals surface area contributed by atoms with E-state index in [4.69, 9.17) is 4.52 Å². The normalized spacial score (nSPS) is 17.1. The molecule has 0 spiro atoms. The number of hydrogen-bond donors (Lipinski definition) is 2. The van der Waals surface area contributed by atoms with Crippen LogP contribution in [0.1, 0.15) is 35.5 Å². The van der Waals surface area contributed by atoms with Crippen LogP contribution < -0.4 is 5.32 Å². The van der Waals surface area contributed by atoms with Gasteiger partial charge in [0.05, 0.1) is 6.10 Å². The van der Waals surface area contributed by atoms with Crippen molar-refractivity contribution in [2.75, 3.05) is 6.54 Å². The number of rotatable bonds is 5. The molecule has 0 radical (unpaired) electrons. The zero-order valence-electron chi connectivity index (χ0n) is 9.27. The van der Waals surface area contributed by atoms with E-state index in [2.05, 4.69) is 10.5 Å². The van der Waals surface area contributed by atoms with Crippen molar-refractivity contribution in [1.29, 1.82) is 0 Å². The second-order valence-electron chi connectivity index (χ2n) is 4.27. The van der Waals surface area contributed by atoms with Gasteiger partial charge in [-0.2, -0.15) is 0 Å². The highest BCUT2D eigenvalue weighted by Gasteiger charge is 2.29. The van der Waals surface area contributed by atoms with Crippen molar-refractivity contribution in [1.82, 2.24) is 10.5 Å². The van der Waals surface area contributed by atoms with Gasteiger partial charge in [0, 0.05) is 12.6 Å². The van der Waals surface area contributed by atoms with Crippen molar-refractivity contribution in [3.05, 3.63) is 17.5 Å². The highest BCUT2D eigenvalue weighted by molar-refractivity contribution is 5.92. The molecular formula is C11H16N2O3. The summed E-state index contributed by atoms with van der Waals surface area (Å²) in [5, 5.41) is 15.9. The van der Waals surface area contributed by atoms with Gasteiger partial charge in [0.2, 0.25) is 0 Å². The van der Waals surface area contributed by atoms with Gasteiger partial charge in [-0.3, -0.25) is 4.79 Å². The van der Waals surface area contributed by atoms with Crippen molar-refractivity contribution >= 4 is 5.91 Å². The third-order valence-corrected chi connectivity index (χ3v) is 2.75. The molecule has 0 bridgehead atoms. The molecule has 1 atom stereocenters. The van der Waals surface area contributed by atoms with E-state index in [0.29, 0.717) is 30.3 Å². The molecule has 88 valence electrons. The van der Waals surface area contributed by atoms with E-state index in [1.165, 1.54) is 0 Å². The van der Waals surface area contributed by atoms with E-state index in [1.807, 2.05) is 0 Å². The predicted octanol–water partition coefficient (Wildman–Crippen LogP) is 0.874. The van der Waals surface area contributed by atoms with Crippen LogP contribution in [-0.4, -0.2) is 28.8 Å². The first-order chi connectivity index (χ1) is 7.66. The van der Waals surface area contributed by atoms with E-state index in [9.17, 15) is 9.90 Å². The molecule has 0 aliphatic heterocycles. The van der Waals surface area contributed by atoms with E-state index >= 15 is 0 Å². The average Bonchev–Trinajstić information content (AvgIpc) is 3.01. The molecule has 1 aliphatic rings. The molecule has 1 saturated carbocycles. The van der Waals surface area contributed by atoms with Gasteiger partial charge in [-0.25, -0.2) is 0 Å². The molecule has 5 heteroatoms. The van der Waals surface area contributed by atoms with Crippen LogP contribution in [0, 0.1) is 12.8 Å². The van der Waals surface area contributed by atoms with E-state index in [1.54, 1.807) is 13.0 Å². The van der Waals surface area contributed by atoms with Crippen molar-refractivity contribution in [2.45, 2.75) is 32.3 Å². The topological polar surface area (TPSA) is 75.4 Å². The van der Waals surface area contributed by atoms with Crippen LogP contribution in [-0.2, 0) is 0 Å². The van der Waals surface area contributed by atoms with Gasteiger partial charge in [0.25, 0.3) is 5.91 Å². The molecule has 1 fully saturated rings. The van der Waals surface area contributed by atoms with Gasteiger partial charge in [-0.05, 0) is 32.1 Å². The number of nitrogens with zero attached hydrogens (tertiary/aromatic N) is 1. The Bertz CT molecular complexity index is 371. The highest BCUT2D eigenvalue weighted by atomic mass is 16.5. The quantitative estimate of drug-likeness (QED) is 0.778. The first-order valence-electron chi connectivity index (χ1n) is 5.56. The van der Waals surface area contributed by atoms with Crippen molar-refractivity contribution < 1.29 is 14.4 Å². The third kappa shape index (κ3) is 2.82. The Kier molecular flexibility index (Phi) is 3.24. The summed E-state index contributed by atoms with van der Waals surface area (Å²) >= 11 is 0. The van der Waals surface area contributed by atoms with Crippen LogP contribution in [0.25, 0.3) is 0 Å². The number of aromatic nitrogens is 1. The lowest BCUT2D eigenvalue weighted by atomic mass is 10.1. The van der Waals surface area contributed by atoms with Gasteiger partial charge >= 0.3 is 0 Å². The predicted molar refractivity (Wildman–Crippen MR) is 56.9 cm³/mol. The lowest BCUT2D eigenvalue weighted by Crippen LogP contribution is -2.27. The lowest BCUT2D eigenvalue weighted by Gasteiger charge is -2.08. The maximum atomic E-state index is 11.5. The maximum absolute atomic E-state index is 11.5. The second kappa shape index (κ2) is 4.65. The molecule has 0 aromatic carbocycles. The van der Waals surface area contributed by atoms with E-state index in [0.717, 1.165) is 12.8 Å². The number of aliphatic hydroxyl groups excluding tert-OH is 1. The molecular weight excluding hydrogens is 208 g/mol. The monoisotopic (exact) mass is 224 g/mol. The summed E-state index contributed by atoms with van der Waals surface area (Å²) in [5.74, 6) is 0.814. The summed E-state index contributed by atoms with van der Waals surface area (Å²) in [6, 6.07) is 1.59. The molecule has 1 heterocycles. The molecule has 2 rings (SSSR count). The fourth-order valence-electron chi connectivity index (χ4n) is 1.61. The maximum Gasteiger partial charge on any atom is 0.273 e. The molecule has 1 aliphatic carbocycles. The highest BCUT2D eigenvalue weighted by Crippen LogP contribution is 2.33. The third-order valence-electron chi connectivity index (χ3n) is 2.75. The molecule has 0 saturated heterocycles. The Balaban J connectivity index is 1.71. The summed E-state index contributed by atoms with van der Waals surface area (Å²) < 4.78 is 4.80.